The Bertz CT molecular complexity index is 705. The molecule has 6 heteroatoms. The molecule has 0 aliphatic carbocycles. The smallest absolute Gasteiger partial charge is 0.339 e. The summed E-state index contributed by atoms with van der Waals surface area (Å²) in [6.07, 6.45) is 4.80. The zero-order chi connectivity index (χ0) is 13.2. The van der Waals surface area contributed by atoms with Crippen LogP contribution in [0.1, 0.15) is 10.4 Å². The van der Waals surface area contributed by atoms with Crippen molar-refractivity contribution in [3.05, 3.63) is 53.1 Å². The summed E-state index contributed by atoms with van der Waals surface area (Å²) in [5.74, 6) is -0.985. The van der Waals surface area contributed by atoms with Gasteiger partial charge >= 0.3 is 5.97 Å². The number of thiophene rings is 1. The lowest BCUT2D eigenvalue weighted by atomic mass is 10.1. The number of carboxylic acids is 1. The van der Waals surface area contributed by atoms with Crippen molar-refractivity contribution in [1.82, 2.24) is 14.8 Å². The highest BCUT2D eigenvalue weighted by Crippen LogP contribution is 2.25. The molecule has 5 nitrogen and oxygen atoms in total. The van der Waals surface area contributed by atoms with Gasteiger partial charge in [-0.3, -0.25) is 4.98 Å². The highest BCUT2D eigenvalue weighted by atomic mass is 32.1. The quantitative estimate of drug-likeness (QED) is 0.795. The lowest BCUT2D eigenvalue weighted by Crippen LogP contribution is -1.96. The van der Waals surface area contributed by atoms with E-state index in [1.807, 2.05) is 16.8 Å². The minimum Gasteiger partial charge on any atom is -0.478 e. The fourth-order valence-electron chi connectivity index (χ4n) is 1.77. The molecular formula is C13H9N3O2S. The van der Waals surface area contributed by atoms with Crippen LogP contribution in [0.4, 0.5) is 0 Å². The normalized spacial score (nSPS) is 10.5. The zero-order valence-electron chi connectivity index (χ0n) is 9.72. The average molecular weight is 271 g/mol. The van der Waals surface area contributed by atoms with Crippen LogP contribution < -0.4 is 0 Å². The van der Waals surface area contributed by atoms with Crippen molar-refractivity contribution in [3.63, 3.8) is 0 Å². The average Bonchev–Trinajstić information content (AvgIpc) is 3.08. The molecule has 19 heavy (non-hydrogen) atoms. The largest absolute Gasteiger partial charge is 0.478 e. The SMILES string of the molecule is O=C(O)c1cn(-c2ccncc2)nc1-c1ccsc1. The highest BCUT2D eigenvalue weighted by molar-refractivity contribution is 7.08. The second-order valence-corrected chi connectivity index (χ2v) is 4.64. The Balaban J connectivity index is 2.15. The Kier molecular flexibility index (Phi) is 2.85. The predicted octanol–water partition coefficient (Wildman–Crippen LogP) is 2.69. The van der Waals surface area contributed by atoms with E-state index in [0.717, 1.165) is 11.3 Å². The molecule has 3 heterocycles. The van der Waals surface area contributed by atoms with Crippen molar-refractivity contribution >= 4 is 17.3 Å². The molecule has 3 rings (SSSR count). The van der Waals surface area contributed by atoms with Crippen molar-refractivity contribution in [1.29, 1.82) is 0 Å². The first-order chi connectivity index (χ1) is 9.25. The van der Waals surface area contributed by atoms with E-state index in [1.54, 1.807) is 29.2 Å². The maximum Gasteiger partial charge on any atom is 0.339 e. The van der Waals surface area contributed by atoms with Gasteiger partial charge in [-0.15, -0.1) is 0 Å². The Morgan fingerprint density at radius 3 is 2.68 bits per heavy atom. The maximum atomic E-state index is 11.3. The van der Waals surface area contributed by atoms with Gasteiger partial charge in [-0.1, -0.05) is 0 Å². The van der Waals surface area contributed by atoms with E-state index < -0.39 is 5.97 Å². The summed E-state index contributed by atoms with van der Waals surface area (Å²) >= 11 is 1.51. The van der Waals surface area contributed by atoms with Crippen LogP contribution in [0.25, 0.3) is 16.9 Å². The third-order valence-corrected chi connectivity index (χ3v) is 3.35. The molecular weight excluding hydrogens is 262 g/mol. The van der Waals surface area contributed by atoms with Gasteiger partial charge in [0.25, 0.3) is 0 Å². The molecule has 0 aliphatic heterocycles. The molecule has 0 fully saturated rings. The number of nitrogens with zero attached hydrogens (tertiary/aromatic N) is 3. The topological polar surface area (TPSA) is 68.0 Å². The minimum absolute atomic E-state index is 0.190. The molecule has 0 saturated carbocycles. The van der Waals surface area contributed by atoms with E-state index in [0.29, 0.717) is 5.69 Å². The van der Waals surface area contributed by atoms with Gasteiger partial charge in [0.1, 0.15) is 11.3 Å². The van der Waals surface area contributed by atoms with E-state index in [2.05, 4.69) is 10.1 Å². The summed E-state index contributed by atoms with van der Waals surface area (Å²) in [5, 5.41) is 17.4. The molecule has 0 spiro atoms. The van der Waals surface area contributed by atoms with E-state index in [1.165, 1.54) is 17.5 Å². The molecule has 3 aromatic heterocycles. The highest BCUT2D eigenvalue weighted by Gasteiger charge is 2.17. The van der Waals surface area contributed by atoms with Crippen LogP contribution >= 0.6 is 11.3 Å². The number of rotatable bonds is 3. The number of pyridine rings is 1. The van der Waals surface area contributed by atoms with Gasteiger partial charge in [-0.05, 0) is 23.6 Å². The first-order valence-electron chi connectivity index (χ1n) is 5.51. The Hall–Kier alpha value is -2.47. The van der Waals surface area contributed by atoms with E-state index >= 15 is 0 Å². The van der Waals surface area contributed by atoms with Gasteiger partial charge in [0.05, 0.1) is 5.69 Å². The molecule has 94 valence electrons. The summed E-state index contributed by atoms with van der Waals surface area (Å²) in [4.78, 5) is 15.2. The van der Waals surface area contributed by atoms with Crippen LogP contribution in [0, 0.1) is 0 Å². The van der Waals surface area contributed by atoms with Crippen molar-refractivity contribution in [2.45, 2.75) is 0 Å². The minimum atomic E-state index is -0.985. The Morgan fingerprint density at radius 2 is 2.05 bits per heavy atom. The number of hydrogen-bond acceptors (Lipinski definition) is 4. The van der Waals surface area contributed by atoms with E-state index in [9.17, 15) is 9.90 Å². The molecule has 3 aromatic rings. The first-order valence-corrected chi connectivity index (χ1v) is 6.46. The zero-order valence-corrected chi connectivity index (χ0v) is 10.5. The molecule has 0 bridgehead atoms. The molecule has 1 N–H and O–H groups in total. The van der Waals surface area contributed by atoms with Crippen LogP contribution in [-0.4, -0.2) is 25.8 Å². The molecule has 0 aliphatic rings. The van der Waals surface area contributed by atoms with Gasteiger partial charge in [0, 0.05) is 29.5 Å². The Morgan fingerprint density at radius 1 is 1.26 bits per heavy atom. The van der Waals surface area contributed by atoms with Crippen LogP contribution in [0.15, 0.2) is 47.5 Å². The van der Waals surface area contributed by atoms with Gasteiger partial charge in [-0.25, -0.2) is 9.48 Å². The number of aromatic carboxylic acids is 1. The van der Waals surface area contributed by atoms with Gasteiger partial charge in [0.2, 0.25) is 0 Å². The fourth-order valence-corrected chi connectivity index (χ4v) is 2.41. The summed E-state index contributed by atoms with van der Waals surface area (Å²) in [7, 11) is 0. The third kappa shape index (κ3) is 2.13. The van der Waals surface area contributed by atoms with Gasteiger partial charge in [-0.2, -0.15) is 16.4 Å². The fraction of sp³-hybridized carbons (Fsp3) is 0. The van der Waals surface area contributed by atoms with Crippen molar-refractivity contribution in [3.8, 4) is 16.9 Å². The van der Waals surface area contributed by atoms with Crippen molar-refractivity contribution in [2.24, 2.45) is 0 Å². The van der Waals surface area contributed by atoms with Crippen LogP contribution in [0.2, 0.25) is 0 Å². The molecule has 0 saturated heterocycles. The number of aromatic nitrogens is 3. The maximum absolute atomic E-state index is 11.3. The lowest BCUT2D eigenvalue weighted by molar-refractivity contribution is 0.0697. The van der Waals surface area contributed by atoms with Gasteiger partial charge < -0.3 is 5.11 Å². The Labute approximate surface area is 112 Å². The van der Waals surface area contributed by atoms with Crippen LogP contribution in [0.3, 0.4) is 0 Å². The third-order valence-electron chi connectivity index (χ3n) is 2.67. The molecule has 0 atom stereocenters. The molecule has 0 aromatic carbocycles. The number of hydrogen-bond donors (Lipinski definition) is 1. The second-order valence-electron chi connectivity index (χ2n) is 3.86. The van der Waals surface area contributed by atoms with E-state index in [-0.39, 0.29) is 5.56 Å². The van der Waals surface area contributed by atoms with Crippen molar-refractivity contribution < 1.29 is 9.90 Å². The summed E-state index contributed by atoms with van der Waals surface area (Å²) in [6.45, 7) is 0. The first kappa shape index (κ1) is 11.6. The van der Waals surface area contributed by atoms with E-state index in [4.69, 9.17) is 0 Å². The van der Waals surface area contributed by atoms with Crippen molar-refractivity contribution in [2.75, 3.05) is 0 Å². The number of carboxylic acid groups (broad SMARTS) is 1. The molecule has 0 amide bonds. The van der Waals surface area contributed by atoms with Crippen LogP contribution in [0.5, 0.6) is 0 Å². The molecule has 0 unspecified atom stereocenters. The summed E-state index contributed by atoms with van der Waals surface area (Å²) < 4.78 is 1.55. The predicted molar refractivity (Wildman–Crippen MR) is 71.6 cm³/mol. The lowest BCUT2D eigenvalue weighted by Gasteiger charge is -1.98. The molecule has 0 radical (unpaired) electrons. The van der Waals surface area contributed by atoms with Gasteiger partial charge in [0.15, 0.2) is 0 Å². The number of carbonyl (C=O) groups is 1. The monoisotopic (exact) mass is 271 g/mol. The summed E-state index contributed by atoms with van der Waals surface area (Å²) in [6, 6.07) is 5.41. The summed E-state index contributed by atoms with van der Waals surface area (Å²) in [5.41, 5.74) is 2.26. The second kappa shape index (κ2) is 4.66. The standard InChI is InChI=1S/C13H9N3O2S/c17-13(18)11-7-16(10-1-4-14-5-2-10)15-12(11)9-3-6-19-8-9/h1-8H,(H,17,18). The van der Waals surface area contributed by atoms with Crippen LogP contribution in [-0.2, 0) is 0 Å².